The Morgan fingerprint density at radius 1 is 1.29 bits per heavy atom. The summed E-state index contributed by atoms with van der Waals surface area (Å²) in [4.78, 5) is 0. The number of nitrogens with zero attached hydrogens (tertiary/aromatic N) is 1. The van der Waals surface area contributed by atoms with Gasteiger partial charge in [-0.25, -0.2) is 4.39 Å². The van der Waals surface area contributed by atoms with Crippen molar-refractivity contribution in [3.63, 3.8) is 0 Å². The molecule has 0 radical (unpaired) electrons. The fourth-order valence-electron chi connectivity index (χ4n) is 1.40. The second kappa shape index (κ2) is 3.54. The van der Waals surface area contributed by atoms with Crippen LogP contribution in [0.25, 0.3) is 10.8 Å². The van der Waals surface area contributed by atoms with Crippen LogP contribution in [0.3, 0.4) is 0 Å². The Kier molecular flexibility index (Phi) is 2.38. The summed E-state index contributed by atoms with van der Waals surface area (Å²) in [5.41, 5.74) is 0.418. The second-order valence-electron chi connectivity index (χ2n) is 2.88. The smallest absolute Gasteiger partial charge is 0.138 e. The van der Waals surface area contributed by atoms with Gasteiger partial charge in [-0.1, -0.05) is 24.3 Å². The topological polar surface area (TPSA) is 23.8 Å². The van der Waals surface area contributed by atoms with Crippen molar-refractivity contribution in [3.8, 4) is 6.07 Å². The van der Waals surface area contributed by atoms with E-state index in [0.717, 1.165) is 10.8 Å². The van der Waals surface area contributed by atoms with Crippen LogP contribution in [0.15, 0.2) is 30.3 Å². The van der Waals surface area contributed by atoms with Crippen LogP contribution >= 0.6 is 22.6 Å². The van der Waals surface area contributed by atoms with Gasteiger partial charge in [-0.2, -0.15) is 5.26 Å². The molecule has 14 heavy (non-hydrogen) atoms. The molecule has 0 N–H and O–H groups in total. The lowest BCUT2D eigenvalue weighted by molar-refractivity contribution is 0.622. The lowest BCUT2D eigenvalue weighted by Gasteiger charge is -2.03. The number of rotatable bonds is 0. The van der Waals surface area contributed by atoms with Crippen LogP contribution in [0, 0.1) is 20.7 Å². The van der Waals surface area contributed by atoms with Crippen LogP contribution in [0.4, 0.5) is 4.39 Å². The highest BCUT2D eigenvalue weighted by atomic mass is 127. The van der Waals surface area contributed by atoms with Crippen molar-refractivity contribution in [2.45, 2.75) is 0 Å². The van der Waals surface area contributed by atoms with Crippen LogP contribution in [0.2, 0.25) is 0 Å². The number of benzene rings is 2. The molecule has 0 saturated heterocycles. The Morgan fingerprint density at radius 3 is 2.71 bits per heavy atom. The van der Waals surface area contributed by atoms with Gasteiger partial charge in [-0.05, 0) is 34.0 Å². The normalized spacial score (nSPS) is 10.1. The SMILES string of the molecule is N#Cc1c(I)c(F)cc2ccccc12. The second-order valence-corrected chi connectivity index (χ2v) is 3.96. The van der Waals surface area contributed by atoms with Crippen molar-refractivity contribution in [2.75, 3.05) is 0 Å². The first-order chi connectivity index (χ1) is 6.74. The summed E-state index contributed by atoms with van der Waals surface area (Å²) in [5, 5.41) is 10.5. The molecule has 0 aromatic heterocycles. The van der Waals surface area contributed by atoms with E-state index in [1.165, 1.54) is 6.07 Å². The van der Waals surface area contributed by atoms with Crippen LogP contribution in [0.5, 0.6) is 0 Å². The van der Waals surface area contributed by atoms with Crippen molar-refractivity contribution in [2.24, 2.45) is 0 Å². The summed E-state index contributed by atoms with van der Waals surface area (Å²) in [6.07, 6.45) is 0. The van der Waals surface area contributed by atoms with E-state index in [0.29, 0.717) is 9.13 Å². The maximum absolute atomic E-state index is 13.3. The van der Waals surface area contributed by atoms with Crippen LogP contribution in [0.1, 0.15) is 5.56 Å². The van der Waals surface area contributed by atoms with Gasteiger partial charge in [0.25, 0.3) is 0 Å². The van der Waals surface area contributed by atoms with Crippen LogP contribution in [-0.4, -0.2) is 0 Å². The maximum Gasteiger partial charge on any atom is 0.138 e. The predicted octanol–water partition coefficient (Wildman–Crippen LogP) is 3.46. The Balaban J connectivity index is 2.98. The van der Waals surface area contributed by atoms with Gasteiger partial charge in [-0.3, -0.25) is 0 Å². The van der Waals surface area contributed by atoms with Gasteiger partial charge in [-0.15, -0.1) is 0 Å². The third-order valence-electron chi connectivity index (χ3n) is 2.05. The molecule has 0 heterocycles. The van der Waals surface area contributed by atoms with E-state index in [-0.39, 0.29) is 5.82 Å². The number of hydrogen-bond donors (Lipinski definition) is 0. The summed E-state index contributed by atoms with van der Waals surface area (Å²) in [6, 6.07) is 10.8. The first-order valence-corrected chi connectivity index (χ1v) is 5.09. The van der Waals surface area contributed by atoms with E-state index in [9.17, 15) is 4.39 Å². The molecule has 0 aliphatic rings. The van der Waals surface area contributed by atoms with Gasteiger partial charge in [0.2, 0.25) is 0 Å². The largest absolute Gasteiger partial charge is 0.206 e. The van der Waals surface area contributed by atoms with E-state index in [2.05, 4.69) is 0 Å². The monoisotopic (exact) mass is 297 g/mol. The third-order valence-corrected chi connectivity index (χ3v) is 3.11. The molecule has 0 spiro atoms. The molecule has 1 nitrogen and oxygen atoms in total. The average molecular weight is 297 g/mol. The zero-order valence-corrected chi connectivity index (χ0v) is 9.25. The molecule has 68 valence electrons. The minimum absolute atomic E-state index is 0.333. The van der Waals surface area contributed by atoms with Gasteiger partial charge in [0.15, 0.2) is 0 Å². The molecule has 0 aliphatic heterocycles. The van der Waals surface area contributed by atoms with E-state index >= 15 is 0 Å². The maximum atomic E-state index is 13.3. The molecular weight excluding hydrogens is 292 g/mol. The highest BCUT2D eigenvalue weighted by molar-refractivity contribution is 14.1. The Labute approximate surface area is 94.3 Å². The van der Waals surface area contributed by atoms with E-state index < -0.39 is 0 Å². The van der Waals surface area contributed by atoms with Gasteiger partial charge in [0.05, 0.1) is 9.13 Å². The van der Waals surface area contributed by atoms with Crippen molar-refractivity contribution >= 4 is 33.4 Å². The number of fused-ring (bicyclic) bond motifs is 1. The highest BCUT2D eigenvalue weighted by Gasteiger charge is 2.09. The summed E-state index contributed by atoms with van der Waals surface area (Å²) in [6.45, 7) is 0. The number of hydrogen-bond acceptors (Lipinski definition) is 1. The van der Waals surface area contributed by atoms with Gasteiger partial charge in [0.1, 0.15) is 11.9 Å². The molecule has 2 aromatic carbocycles. The van der Waals surface area contributed by atoms with Crippen molar-refractivity contribution in [1.29, 1.82) is 5.26 Å². The van der Waals surface area contributed by atoms with Crippen LogP contribution in [-0.2, 0) is 0 Å². The fourth-order valence-corrected chi connectivity index (χ4v) is 1.96. The minimum Gasteiger partial charge on any atom is -0.206 e. The summed E-state index contributed by atoms with van der Waals surface area (Å²) < 4.78 is 13.7. The van der Waals surface area contributed by atoms with Crippen molar-refractivity contribution < 1.29 is 4.39 Å². The van der Waals surface area contributed by atoms with Gasteiger partial charge in [0, 0.05) is 5.39 Å². The average Bonchev–Trinajstić information content (AvgIpc) is 2.20. The zero-order valence-electron chi connectivity index (χ0n) is 7.09. The first kappa shape index (κ1) is 9.41. The summed E-state index contributed by atoms with van der Waals surface area (Å²) in [5.74, 6) is -0.333. The molecule has 0 unspecified atom stereocenters. The van der Waals surface area contributed by atoms with Gasteiger partial charge < -0.3 is 0 Å². The molecule has 0 bridgehead atoms. The highest BCUT2D eigenvalue weighted by Crippen LogP contribution is 2.25. The van der Waals surface area contributed by atoms with E-state index in [1.54, 1.807) is 6.07 Å². The van der Waals surface area contributed by atoms with Crippen LogP contribution < -0.4 is 0 Å². The molecule has 0 amide bonds. The van der Waals surface area contributed by atoms with Gasteiger partial charge >= 0.3 is 0 Å². The molecule has 3 heteroatoms. The molecule has 2 rings (SSSR count). The molecular formula is C11H5FIN. The lowest BCUT2D eigenvalue weighted by Crippen LogP contribution is -1.90. The minimum atomic E-state index is -0.333. The zero-order chi connectivity index (χ0) is 10.1. The molecule has 0 saturated carbocycles. The van der Waals surface area contributed by atoms with Crippen molar-refractivity contribution in [3.05, 3.63) is 45.3 Å². The van der Waals surface area contributed by atoms with E-state index in [4.69, 9.17) is 5.26 Å². The summed E-state index contributed by atoms with van der Waals surface area (Å²) >= 11 is 1.86. The molecule has 0 atom stereocenters. The Hall–Kier alpha value is -1.15. The van der Waals surface area contributed by atoms with E-state index in [1.807, 2.05) is 46.9 Å². The molecule has 0 aliphatic carbocycles. The quantitative estimate of drug-likeness (QED) is 0.683. The predicted molar refractivity (Wildman–Crippen MR) is 61.3 cm³/mol. The molecule has 0 fully saturated rings. The summed E-state index contributed by atoms with van der Waals surface area (Å²) in [7, 11) is 0. The first-order valence-electron chi connectivity index (χ1n) is 4.01. The Bertz CT molecular complexity index is 543. The number of nitriles is 1. The van der Waals surface area contributed by atoms with Crippen molar-refractivity contribution in [1.82, 2.24) is 0 Å². The third kappa shape index (κ3) is 1.36. The molecule has 2 aromatic rings. The standard InChI is InChI=1S/C11H5FIN/c12-10-5-7-3-1-2-4-8(7)9(6-14)11(10)13/h1-5H. The fraction of sp³-hybridized carbons (Fsp3) is 0. The Morgan fingerprint density at radius 2 is 2.00 bits per heavy atom. The number of halogens is 2. The lowest BCUT2D eigenvalue weighted by atomic mass is 10.1.